The molecule has 0 aromatic rings. The first-order chi connectivity index (χ1) is 17.0. The Morgan fingerprint density at radius 3 is 1.86 bits per heavy atom. The number of hydrogen-bond donors (Lipinski definition) is 1. The smallest absolute Gasteiger partial charge is 0.377 e. The predicted molar refractivity (Wildman–Crippen MR) is 145 cm³/mol. The first-order valence-electron chi connectivity index (χ1n) is 13.9. The molecule has 0 spiro atoms. The number of unbranched alkanes of at least 4 members (excludes halogenated alkanes) is 13. The third kappa shape index (κ3) is 20.4. The summed E-state index contributed by atoms with van der Waals surface area (Å²) in [5.41, 5.74) is -1.29. The number of carbonyl (C=O) groups excluding carboxylic acids is 1. The van der Waals surface area contributed by atoms with E-state index in [1.165, 1.54) is 70.6 Å². The molecular weight excluding hydrogens is 487 g/mol. The molecule has 4 unspecified atom stereocenters. The van der Waals surface area contributed by atoms with Crippen LogP contribution in [0, 0.1) is 0 Å². The topological polar surface area (TPSA) is 99.1 Å². The second-order valence-electron chi connectivity index (χ2n) is 9.39. The number of ether oxygens (including phenoxy) is 1. The fourth-order valence-corrected chi connectivity index (χ4v) is 6.28. The minimum absolute atomic E-state index is 0.0112. The van der Waals surface area contributed by atoms with Gasteiger partial charge in [-0.2, -0.15) is 10.1 Å². The van der Waals surface area contributed by atoms with E-state index < -0.39 is 24.5 Å². The fraction of sp³-hybridized carbons (Fsp3) is 0.962. The van der Waals surface area contributed by atoms with Gasteiger partial charge in [-0.15, -0.1) is 4.52 Å². The van der Waals surface area contributed by atoms with Crippen LogP contribution in [0.25, 0.3) is 0 Å². The lowest BCUT2D eigenvalue weighted by Gasteiger charge is -2.24. The van der Waals surface area contributed by atoms with E-state index >= 15 is 0 Å². The molecular formula is C26H52O7PS+. The summed E-state index contributed by atoms with van der Waals surface area (Å²) in [6.07, 6.45) is 19.8. The molecule has 4 atom stereocenters. The Balaban J connectivity index is 4.27. The second kappa shape index (κ2) is 25.3. The average Bonchev–Trinajstić information content (AvgIpc) is 2.86. The van der Waals surface area contributed by atoms with Gasteiger partial charge < -0.3 is 4.74 Å². The van der Waals surface area contributed by atoms with Crippen molar-refractivity contribution in [1.82, 2.24) is 0 Å². The lowest BCUT2D eigenvalue weighted by Crippen LogP contribution is -2.32. The van der Waals surface area contributed by atoms with Crippen molar-refractivity contribution in [1.29, 1.82) is 0 Å². The Labute approximate surface area is 217 Å². The Bertz CT molecular complexity index is 548. The van der Waals surface area contributed by atoms with Gasteiger partial charge in [0.1, 0.15) is 6.61 Å². The molecule has 0 rings (SSSR count). The quantitative estimate of drug-likeness (QED) is 0.0509. The maximum atomic E-state index is 13.1. The summed E-state index contributed by atoms with van der Waals surface area (Å²) in [4.78, 5) is 14.3. The molecule has 0 aromatic carbocycles. The van der Waals surface area contributed by atoms with Gasteiger partial charge >= 0.3 is 13.7 Å². The van der Waals surface area contributed by atoms with Gasteiger partial charge in [-0.25, -0.2) is 0 Å². The van der Waals surface area contributed by atoms with Crippen LogP contribution in [-0.4, -0.2) is 45.5 Å². The van der Waals surface area contributed by atoms with E-state index in [9.17, 15) is 13.6 Å². The molecule has 1 N–H and O–H groups in total. The largest absolute Gasteiger partial charge is 0.639 e. The van der Waals surface area contributed by atoms with Crippen LogP contribution in [0.3, 0.4) is 0 Å². The van der Waals surface area contributed by atoms with Crippen molar-refractivity contribution in [2.45, 2.75) is 141 Å². The van der Waals surface area contributed by atoms with Crippen molar-refractivity contribution in [3.05, 3.63) is 0 Å². The maximum Gasteiger partial charge on any atom is 0.639 e. The number of rotatable bonds is 26. The molecule has 208 valence electrons. The molecule has 9 heteroatoms. The first-order valence-corrected chi connectivity index (χ1v) is 16.5. The summed E-state index contributed by atoms with van der Waals surface area (Å²) in [5, 5.41) is 8.21. The van der Waals surface area contributed by atoms with Crippen molar-refractivity contribution in [2.24, 2.45) is 0 Å². The van der Waals surface area contributed by atoms with Crippen molar-refractivity contribution in [3.8, 4) is 0 Å². The Morgan fingerprint density at radius 1 is 0.800 bits per heavy atom. The molecule has 0 aliphatic carbocycles. The van der Waals surface area contributed by atoms with Crippen LogP contribution in [0.2, 0.25) is 0 Å². The minimum atomic E-state index is -2.69. The van der Waals surface area contributed by atoms with Gasteiger partial charge in [-0.3, -0.25) is 9.10 Å². The zero-order chi connectivity index (χ0) is 26.2. The minimum Gasteiger partial charge on any atom is -0.377 e. The van der Waals surface area contributed by atoms with E-state index in [0.717, 1.165) is 37.9 Å². The SMILES string of the molecule is CCCCCCCCCCCCS(=O)C(CCCCCCC)C(C)OCCCO[P+](=O)C(=O)OO. The summed E-state index contributed by atoms with van der Waals surface area (Å²) in [5.74, 6) is 0.733. The molecule has 35 heavy (non-hydrogen) atoms. The molecule has 0 aromatic heterocycles. The van der Waals surface area contributed by atoms with Gasteiger partial charge in [0.15, 0.2) is 0 Å². The Morgan fingerprint density at radius 2 is 1.31 bits per heavy atom. The molecule has 7 nitrogen and oxygen atoms in total. The molecule has 0 fully saturated rings. The number of hydrogen-bond acceptors (Lipinski definition) is 7. The van der Waals surface area contributed by atoms with Crippen molar-refractivity contribution in [2.75, 3.05) is 19.0 Å². The van der Waals surface area contributed by atoms with E-state index in [4.69, 9.17) is 14.5 Å². The van der Waals surface area contributed by atoms with Crippen molar-refractivity contribution in [3.63, 3.8) is 0 Å². The van der Waals surface area contributed by atoms with E-state index in [1.54, 1.807) is 0 Å². The molecule has 0 aliphatic heterocycles. The van der Waals surface area contributed by atoms with Gasteiger partial charge in [-0.1, -0.05) is 104 Å². The van der Waals surface area contributed by atoms with Crippen LogP contribution in [0.15, 0.2) is 0 Å². The van der Waals surface area contributed by atoms with Gasteiger partial charge in [0.05, 0.1) is 11.4 Å². The monoisotopic (exact) mass is 539 g/mol. The first kappa shape index (κ1) is 34.6. The molecule has 0 radical (unpaired) electrons. The molecule has 0 bridgehead atoms. The number of carbonyl (C=O) groups is 1. The summed E-state index contributed by atoms with van der Waals surface area (Å²) in [6.45, 7) is 6.85. The highest BCUT2D eigenvalue weighted by Crippen LogP contribution is 2.25. The lowest BCUT2D eigenvalue weighted by molar-refractivity contribution is -0.168. The third-order valence-corrected chi connectivity index (χ3v) is 9.04. The Hall–Kier alpha value is -0.400. The molecule has 0 saturated carbocycles. The van der Waals surface area contributed by atoms with Gasteiger partial charge in [-0.05, 0) is 30.8 Å². The van der Waals surface area contributed by atoms with Gasteiger partial charge in [0.25, 0.3) is 0 Å². The average molecular weight is 540 g/mol. The highest BCUT2D eigenvalue weighted by molar-refractivity contribution is 7.85. The van der Waals surface area contributed by atoms with Crippen LogP contribution in [0.4, 0.5) is 4.79 Å². The Kier molecular flexibility index (Phi) is 25.0. The van der Waals surface area contributed by atoms with Crippen molar-refractivity contribution >= 4 is 24.5 Å². The fourth-order valence-electron chi connectivity index (χ4n) is 4.08. The van der Waals surface area contributed by atoms with Gasteiger partial charge in [0.2, 0.25) is 0 Å². The zero-order valence-electron chi connectivity index (χ0n) is 22.5. The van der Waals surface area contributed by atoms with E-state index in [-0.39, 0.29) is 18.0 Å². The van der Waals surface area contributed by atoms with Gasteiger partial charge in [0, 0.05) is 23.2 Å². The zero-order valence-corrected chi connectivity index (χ0v) is 24.3. The van der Waals surface area contributed by atoms with Crippen molar-refractivity contribution < 1.29 is 33.0 Å². The highest BCUT2D eigenvalue weighted by atomic mass is 32.2. The van der Waals surface area contributed by atoms with Crippen LogP contribution in [0.5, 0.6) is 0 Å². The van der Waals surface area contributed by atoms with Crippen LogP contribution in [0.1, 0.15) is 130 Å². The second-order valence-corrected chi connectivity index (χ2v) is 12.3. The third-order valence-electron chi connectivity index (χ3n) is 6.26. The van der Waals surface area contributed by atoms with E-state index in [2.05, 4.69) is 18.7 Å². The highest BCUT2D eigenvalue weighted by Gasteiger charge is 2.34. The summed E-state index contributed by atoms with van der Waals surface area (Å²) in [7, 11) is -3.61. The maximum absolute atomic E-state index is 13.1. The molecule has 0 aliphatic rings. The molecule has 0 amide bonds. The summed E-state index contributed by atoms with van der Waals surface area (Å²) >= 11 is 0. The van der Waals surface area contributed by atoms with E-state index in [1.807, 2.05) is 6.92 Å². The summed E-state index contributed by atoms with van der Waals surface area (Å²) < 4.78 is 35.2. The standard InChI is InChI=1S/C26H51O7PS/c1-4-6-8-10-11-12-13-14-16-18-23-35(30)25(20-17-15-9-7-5-2)24(3)31-21-19-22-32-34(29)26(27)33-28/h24-25H,4-23H2,1-3H3/p+1. The predicted octanol–water partition coefficient (Wildman–Crippen LogP) is 8.55. The van der Waals surface area contributed by atoms with E-state index in [0.29, 0.717) is 13.0 Å². The molecule has 0 saturated heterocycles. The van der Waals surface area contributed by atoms with Crippen LogP contribution < -0.4 is 0 Å². The molecule has 0 heterocycles. The van der Waals surface area contributed by atoms with Crippen LogP contribution in [-0.2, 0) is 29.5 Å². The summed E-state index contributed by atoms with van der Waals surface area (Å²) in [6, 6.07) is 0. The normalized spacial score (nSPS) is 14.5. The van der Waals surface area contributed by atoms with Crippen LogP contribution >= 0.6 is 8.03 Å². The lowest BCUT2D eigenvalue weighted by atomic mass is 10.1.